The van der Waals surface area contributed by atoms with Crippen molar-refractivity contribution in [2.45, 2.75) is 6.42 Å². The molecule has 0 radical (unpaired) electrons. The molecule has 1 aliphatic rings. The molecular weight excluding hydrogens is 290 g/mol. The summed E-state index contributed by atoms with van der Waals surface area (Å²) in [5, 5.41) is 5.64. The Hall–Kier alpha value is -2.95. The van der Waals surface area contributed by atoms with Crippen LogP contribution < -0.4 is 20.3 Å². The predicted molar refractivity (Wildman–Crippen MR) is 93.3 cm³/mol. The van der Waals surface area contributed by atoms with E-state index in [1.165, 1.54) is 0 Å². The SMILES string of the molecule is C=C1Cc2cc(NC(=O)Nc3cccc(OC)c3)ccc2N1C. The van der Waals surface area contributed by atoms with Crippen LogP contribution in [0.3, 0.4) is 0 Å². The van der Waals surface area contributed by atoms with Gasteiger partial charge in [0.15, 0.2) is 0 Å². The Labute approximate surface area is 135 Å². The topological polar surface area (TPSA) is 53.6 Å². The first kappa shape index (κ1) is 15.0. The molecule has 0 spiro atoms. The molecule has 2 amide bonds. The molecule has 2 aromatic carbocycles. The van der Waals surface area contributed by atoms with Crippen LogP contribution in [0.2, 0.25) is 0 Å². The summed E-state index contributed by atoms with van der Waals surface area (Å²) in [6.45, 7) is 4.03. The third-order valence-corrected chi connectivity index (χ3v) is 3.90. The van der Waals surface area contributed by atoms with Crippen LogP contribution in [0, 0.1) is 0 Å². The lowest BCUT2D eigenvalue weighted by atomic mass is 10.1. The quantitative estimate of drug-likeness (QED) is 0.905. The monoisotopic (exact) mass is 309 g/mol. The number of hydrogen-bond acceptors (Lipinski definition) is 3. The first-order chi connectivity index (χ1) is 11.1. The highest BCUT2D eigenvalue weighted by atomic mass is 16.5. The number of hydrogen-bond donors (Lipinski definition) is 2. The first-order valence-corrected chi connectivity index (χ1v) is 7.33. The van der Waals surface area contributed by atoms with E-state index in [4.69, 9.17) is 4.74 Å². The molecule has 0 bridgehead atoms. The largest absolute Gasteiger partial charge is 0.497 e. The van der Waals surface area contributed by atoms with Gasteiger partial charge in [-0.25, -0.2) is 4.79 Å². The van der Waals surface area contributed by atoms with Crippen molar-refractivity contribution in [3.63, 3.8) is 0 Å². The zero-order valence-corrected chi connectivity index (χ0v) is 13.2. The van der Waals surface area contributed by atoms with Crippen LogP contribution in [0.4, 0.5) is 21.9 Å². The Morgan fingerprint density at radius 1 is 1.17 bits per heavy atom. The molecule has 0 atom stereocenters. The Morgan fingerprint density at radius 3 is 2.65 bits per heavy atom. The van der Waals surface area contributed by atoms with E-state index in [1.54, 1.807) is 13.2 Å². The maximum atomic E-state index is 12.1. The van der Waals surface area contributed by atoms with Crippen molar-refractivity contribution in [2.75, 3.05) is 29.7 Å². The number of likely N-dealkylation sites (N-methyl/N-ethyl adjacent to an activating group) is 1. The van der Waals surface area contributed by atoms with E-state index in [2.05, 4.69) is 22.1 Å². The van der Waals surface area contributed by atoms with Crippen LogP contribution in [-0.4, -0.2) is 20.2 Å². The zero-order valence-electron chi connectivity index (χ0n) is 13.2. The van der Waals surface area contributed by atoms with Gasteiger partial charge >= 0.3 is 6.03 Å². The number of methoxy groups -OCH3 is 1. The van der Waals surface area contributed by atoms with E-state index < -0.39 is 0 Å². The van der Waals surface area contributed by atoms with E-state index in [0.717, 1.165) is 29.1 Å². The van der Waals surface area contributed by atoms with Gasteiger partial charge in [-0.15, -0.1) is 0 Å². The number of fused-ring (bicyclic) bond motifs is 1. The van der Waals surface area contributed by atoms with Crippen molar-refractivity contribution in [2.24, 2.45) is 0 Å². The summed E-state index contributed by atoms with van der Waals surface area (Å²) >= 11 is 0. The van der Waals surface area contributed by atoms with Gasteiger partial charge in [0, 0.05) is 42.3 Å². The standard InChI is InChI=1S/C18H19N3O2/c1-12-9-13-10-15(7-8-17(13)21(12)2)20-18(22)19-14-5-4-6-16(11-14)23-3/h4-8,10-11H,1,9H2,2-3H3,(H2,19,20,22). The summed E-state index contributed by atoms with van der Waals surface area (Å²) in [6, 6.07) is 12.8. The van der Waals surface area contributed by atoms with E-state index in [9.17, 15) is 4.79 Å². The second-order valence-corrected chi connectivity index (χ2v) is 5.46. The number of allylic oxidation sites excluding steroid dienone is 1. The highest BCUT2D eigenvalue weighted by molar-refractivity contribution is 6.00. The molecule has 0 unspecified atom stereocenters. The minimum atomic E-state index is -0.289. The Bertz CT molecular complexity index is 771. The van der Waals surface area contributed by atoms with Crippen molar-refractivity contribution in [1.82, 2.24) is 0 Å². The average Bonchev–Trinajstić information content (AvgIpc) is 2.81. The zero-order chi connectivity index (χ0) is 16.4. The lowest BCUT2D eigenvalue weighted by Gasteiger charge is -2.14. The second-order valence-electron chi connectivity index (χ2n) is 5.46. The van der Waals surface area contributed by atoms with Gasteiger partial charge in [-0.3, -0.25) is 0 Å². The maximum absolute atomic E-state index is 12.1. The number of amides is 2. The molecule has 5 heteroatoms. The highest BCUT2D eigenvalue weighted by Gasteiger charge is 2.19. The maximum Gasteiger partial charge on any atom is 0.323 e. The molecule has 5 nitrogen and oxygen atoms in total. The van der Waals surface area contributed by atoms with Crippen LogP contribution in [-0.2, 0) is 6.42 Å². The molecule has 0 saturated heterocycles. The number of rotatable bonds is 3. The molecule has 3 rings (SSSR count). The van der Waals surface area contributed by atoms with Gasteiger partial charge < -0.3 is 20.3 Å². The van der Waals surface area contributed by atoms with Crippen LogP contribution in [0.15, 0.2) is 54.7 Å². The molecule has 2 aromatic rings. The summed E-state index contributed by atoms with van der Waals surface area (Å²) in [7, 11) is 3.59. The number of nitrogens with zero attached hydrogens (tertiary/aromatic N) is 1. The number of carbonyl (C=O) groups excluding carboxylic acids is 1. The van der Waals surface area contributed by atoms with Crippen molar-refractivity contribution in [1.29, 1.82) is 0 Å². The number of nitrogens with one attached hydrogen (secondary N) is 2. The van der Waals surface area contributed by atoms with Gasteiger partial charge in [-0.1, -0.05) is 12.6 Å². The molecule has 1 aliphatic heterocycles. The van der Waals surface area contributed by atoms with Gasteiger partial charge in [0.2, 0.25) is 0 Å². The average molecular weight is 309 g/mol. The van der Waals surface area contributed by atoms with Crippen LogP contribution in [0.25, 0.3) is 0 Å². The molecular formula is C18H19N3O2. The Kier molecular flexibility index (Phi) is 3.93. The highest BCUT2D eigenvalue weighted by Crippen LogP contribution is 2.34. The van der Waals surface area contributed by atoms with Gasteiger partial charge in [0.25, 0.3) is 0 Å². The minimum absolute atomic E-state index is 0.289. The van der Waals surface area contributed by atoms with Crippen LogP contribution >= 0.6 is 0 Å². The van der Waals surface area contributed by atoms with E-state index in [-0.39, 0.29) is 6.03 Å². The molecule has 0 aliphatic carbocycles. The van der Waals surface area contributed by atoms with Gasteiger partial charge in [0.1, 0.15) is 5.75 Å². The number of ether oxygens (including phenoxy) is 1. The van der Waals surface area contributed by atoms with E-state index in [1.807, 2.05) is 43.4 Å². The molecule has 0 saturated carbocycles. The van der Waals surface area contributed by atoms with Crippen molar-refractivity contribution in [3.05, 3.63) is 60.3 Å². The number of anilines is 3. The van der Waals surface area contributed by atoms with Crippen molar-refractivity contribution in [3.8, 4) is 5.75 Å². The van der Waals surface area contributed by atoms with Gasteiger partial charge in [0.05, 0.1) is 7.11 Å². The lowest BCUT2D eigenvalue weighted by molar-refractivity contribution is 0.262. The summed E-state index contributed by atoms with van der Waals surface area (Å²) in [5.41, 5.74) is 4.78. The second kappa shape index (κ2) is 6.04. The normalized spacial score (nSPS) is 12.8. The molecule has 0 fully saturated rings. The fourth-order valence-electron chi connectivity index (χ4n) is 2.64. The van der Waals surface area contributed by atoms with Crippen LogP contribution in [0.1, 0.15) is 5.56 Å². The van der Waals surface area contributed by atoms with Crippen LogP contribution in [0.5, 0.6) is 5.75 Å². The summed E-state index contributed by atoms with van der Waals surface area (Å²) < 4.78 is 5.14. The fourth-order valence-corrected chi connectivity index (χ4v) is 2.64. The Balaban J connectivity index is 1.69. The molecule has 118 valence electrons. The van der Waals surface area contributed by atoms with E-state index >= 15 is 0 Å². The number of carbonyl (C=O) groups is 1. The lowest BCUT2D eigenvalue weighted by Crippen LogP contribution is -2.19. The third-order valence-electron chi connectivity index (χ3n) is 3.90. The minimum Gasteiger partial charge on any atom is -0.497 e. The summed E-state index contributed by atoms with van der Waals surface area (Å²) in [6.07, 6.45) is 0.804. The molecule has 2 N–H and O–H groups in total. The van der Waals surface area contributed by atoms with Crippen molar-refractivity contribution >= 4 is 23.1 Å². The molecule has 0 aromatic heterocycles. The van der Waals surface area contributed by atoms with Gasteiger partial charge in [-0.2, -0.15) is 0 Å². The molecule has 23 heavy (non-hydrogen) atoms. The van der Waals surface area contributed by atoms with Gasteiger partial charge in [-0.05, 0) is 35.9 Å². The predicted octanol–water partition coefficient (Wildman–Crippen LogP) is 3.85. The summed E-state index contributed by atoms with van der Waals surface area (Å²) in [4.78, 5) is 14.2. The number of urea groups is 1. The number of benzene rings is 2. The fraction of sp³-hybridized carbons (Fsp3) is 0.167. The van der Waals surface area contributed by atoms with E-state index in [0.29, 0.717) is 11.4 Å². The molecule has 1 heterocycles. The summed E-state index contributed by atoms with van der Waals surface area (Å²) in [5.74, 6) is 0.696. The first-order valence-electron chi connectivity index (χ1n) is 7.33. The third kappa shape index (κ3) is 3.13. The smallest absolute Gasteiger partial charge is 0.323 e. The van der Waals surface area contributed by atoms with Crippen molar-refractivity contribution < 1.29 is 9.53 Å². The Morgan fingerprint density at radius 2 is 1.91 bits per heavy atom.